The smallest absolute Gasteiger partial charge is 0.416 e. The minimum Gasteiger partial charge on any atom is -0.481 e. The first-order valence-corrected chi connectivity index (χ1v) is 13.5. The lowest BCUT2D eigenvalue weighted by Gasteiger charge is -2.22. The fraction of sp³-hybridized carbons (Fsp3) is 0.167. The Labute approximate surface area is 236 Å². The fourth-order valence-electron chi connectivity index (χ4n) is 4.21. The number of rotatable bonds is 10. The van der Waals surface area contributed by atoms with Gasteiger partial charge < -0.3 is 19.7 Å². The van der Waals surface area contributed by atoms with Gasteiger partial charge in [-0.25, -0.2) is 4.98 Å². The number of amides is 1. The van der Waals surface area contributed by atoms with E-state index in [0.717, 1.165) is 28.7 Å². The van der Waals surface area contributed by atoms with Gasteiger partial charge >= 0.3 is 12.1 Å². The summed E-state index contributed by atoms with van der Waals surface area (Å²) in [7, 11) is 0. The van der Waals surface area contributed by atoms with Gasteiger partial charge in [0, 0.05) is 36.0 Å². The number of aromatic nitrogens is 1. The molecule has 2 N–H and O–H groups in total. The molecule has 2 heterocycles. The van der Waals surface area contributed by atoms with Crippen molar-refractivity contribution in [2.45, 2.75) is 25.7 Å². The predicted octanol–water partition coefficient (Wildman–Crippen LogP) is 6.99. The van der Waals surface area contributed by atoms with Gasteiger partial charge in [0.25, 0.3) is 5.91 Å². The van der Waals surface area contributed by atoms with Crippen LogP contribution >= 0.6 is 11.3 Å². The summed E-state index contributed by atoms with van der Waals surface area (Å²) in [4.78, 5) is 29.7. The van der Waals surface area contributed by atoms with Crippen LogP contribution in [0.25, 0.3) is 22.4 Å². The molecule has 7 nitrogen and oxygen atoms in total. The van der Waals surface area contributed by atoms with Crippen LogP contribution < -0.4 is 10.2 Å². The number of furan rings is 1. The number of carboxylic acid groups (broad SMARTS) is 1. The third kappa shape index (κ3) is 6.93. The number of nitrogens with zero attached hydrogens (tertiary/aromatic N) is 2. The van der Waals surface area contributed by atoms with Gasteiger partial charge in [0.1, 0.15) is 11.3 Å². The van der Waals surface area contributed by atoms with Crippen LogP contribution in [0.1, 0.15) is 33.5 Å². The number of aliphatic carboxylic acids is 1. The molecule has 5 rings (SSSR count). The maximum atomic E-state index is 13.1. The Hall–Kier alpha value is -4.64. The first-order chi connectivity index (χ1) is 19.7. The van der Waals surface area contributed by atoms with Gasteiger partial charge in [-0.2, -0.15) is 13.2 Å². The number of benzene rings is 3. The minimum absolute atomic E-state index is 0.0223. The molecule has 11 heteroatoms. The van der Waals surface area contributed by atoms with Gasteiger partial charge in [-0.1, -0.05) is 42.5 Å². The summed E-state index contributed by atoms with van der Waals surface area (Å²) < 4.78 is 45.2. The molecule has 0 atom stereocenters. The number of anilines is 1. The summed E-state index contributed by atoms with van der Waals surface area (Å²) in [5.41, 5.74) is 2.58. The lowest BCUT2D eigenvalue weighted by molar-refractivity contribution is -0.138. The van der Waals surface area contributed by atoms with E-state index in [1.807, 2.05) is 40.6 Å². The molecule has 2 aromatic heterocycles. The molecule has 0 unspecified atom stereocenters. The highest BCUT2D eigenvalue weighted by atomic mass is 32.1. The van der Waals surface area contributed by atoms with Gasteiger partial charge in [-0.05, 0) is 47.5 Å². The van der Waals surface area contributed by atoms with Crippen molar-refractivity contribution in [2.24, 2.45) is 0 Å². The van der Waals surface area contributed by atoms with Crippen molar-refractivity contribution in [1.29, 1.82) is 0 Å². The number of thiazole rings is 1. The first kappa shape index (κ1) is 27.9. The molecule has 5 aromatic rings. The van der Waals surface area contributed by atoms with Gasteiger partial charge in [0.15, 0.2) is 10.9 Å². The van der Waals surface area contributed by atoms with Crippen molar-refractivity contribution in [2.75, 3.05) is 11.4 Å². The maximum absolute atomic E-state index is 13.1. The Balaban J connectivity index is 1.38. The summed E-state index contributed by atoms with van der Waals surface area (Å²) in [6, 6.07) is 21.4. The number of halogens is 3. The molecule has 0 saturated carbocycles. The zero-order chi connectivity index (χ0) is 29.0. The number of fused-ring (bicyclic) bond motifs is 1. The van der Waals surface area contributed by atoms with Crippen LogP contribution in [-0.2, 0) is 24.1 Å². The average Bonchev–Trinajstić information content (AvgIpc) is 3.60. The normalized spacial score (nSPS) is 11.5. The van der Waals surface area contributed by atoms with Gasteiger partial charge in [-0.3, -0.25) is 9.59 Å². The Kier molecular flexibility index (Phi) is 8.06. The van der Waals surface area contributed by atoms with E-state index >= 15 is 0 Å². The van der Waals surface area contributed by atoms with Gasteiger partial charge in [-0.15, -0.1) is 11.3 Å². The van der Waals surface area contributed by atoms with Crippen LogP contribution in [0.5, 0.6) is 0 Å². The summed E-state index contributed by atoms with van der Waals surface area (Å²) in [6.07, 6.45) is -4.59. The number of hydrogen-bond acceptors (Lipinski definition) is 6. The van der Waals surface area contributed by atoms with Crippen molar-refractivity contribution >= 4 is 39.3 Å². The number of carbonyl (C=O) groups excluding carboxylic acids is 1. The van der Waals surface area contributed by atoms with E-state index in [-0.39, 0.29) is 18.9 Å². The third-order valence-corrected chi connectivity index (χ3v) is 7.21. The predicted molar refractivity (Wildman–Crippen MR) is 150 cm³/mol. The highest BCUT2D eigenvalue weighted by molar-refractivity contribution is 7.14. The highest BCUT2D eigenvalue weighted by Gasteiger charge is 2.30. The Morgan fingerprint density at radius 1 is 0.951 bits per heavy atom. The lowest BCUT2D eigenvalue weighted by Crippen LogP contribution is -2.26. The number of carbonyl (C=O) groups is 2. The zero-order valence-corrected chi connectivity index (χ0v) is 22.3. The molecule has 0 fully saturated rings. The Bertz CT molecular complexity index is 1630. The maximum Gasteiger partial charge on any atom is 0.416 e. The molecule has 0 aliphatic carbocycles. The van der Waals surface area contributed by atoms with E-state index in [0.29, 0.717) is 40.8 Å². The van der Waals surface area contributed by atoms with E-state index < -0.39 is 17.7 Å². The Morgan fingerprint density at radius 2 is 1.61 bits per heavy atom. The van der Waals surface area contributed by atoms with Crippen LogP contribution in [0.15, 0.2) is 88.7 Å². The van der Waals surface area contributed by atoms with Crippen LogP contribution in [0.3, 0.4) is 0 Å². The minimum atomic E-state index is -4.42. The summed E-state index contributed by atoms with van der Waals surface area (Å²) in [6.45, 7) is 0.687. The van der Waals surface area contributed by atoms with Crippen molar-refractivity contribution in [3.8, 4) is 11.5 Å². The van der Waals surface area contributed by atoms with Gasteiger partial charge in [0.2, 0.25) is 0 Å². The molecule has 0 bridgehead atoms. The molecule has 0 spiro atoms. The second kappa shape index (κ2) is 11.8. The van der Waals surface area contributed by atoms with E-state index in [9.17, 15) is 22.8 Å². The molecular weight excluding hydrogens is 555 g/mol. The van der Waals surface area contributed by atoms with E-state index in [1.165, 1.54) is 23.5 Å². The number of carboxylic acids is 1. The van der Waals surface area contributed by atoms with Crippen LogP contribution in [0, 0.1) is 0 Å². The molecule has 0 radical (unpaired) electrons. The van der Waals surface area contributed by atoms with E-state index in [4.69, 9.17) is 14.5 Å². The van der Waals surface area contributed by atoms with E-state index in [1.54, 1.807) is 24.3 Å². The molecule has 1 amide bonds. The standard InChI is InChI=1S/C30H24F3N3O4S/c31-30(32,33)23-11-7-20(8-12-23)17-36(16-19-5-9-21(10-6-19)28(39)34-14-13-27(37)38)29-35-24(18-41-29)26-15-22-3-1-2-4-25(22)40-26/h1-12,15,18H,13-14,16-17H2,(H,34,39)(H,37,38). The molecule has 0 saturated heterocycles. The number of para-hydroxylation sites is 1. The summed E-state index contributed by atoms with van der Waals surface area (Å²) >= 11 is 1.39. The number of nitrogens with one attached hydrogen (secondary N) is 1. The second-order valence-electron chi connectivity index (χ2n) is 9.31. The van der Waals surface area contributed by atoms with Crippen molar-refractivity contribution in [1.82, 2.24) is 10.3 Å². The summed E-state index contributed by atoms with van der Waals surface area (Å²) in [5.74, 6) is -0.768. The molecule has 0 aliphatic rings. The first-order valence-electron chi connectivity index (χ1n) is 12.6. The van der Waals surface area contributed by atoms with Crippen molar-refractivity contribution in [3.05, 3.63) is 106 Å². The SMILES string of the molecule is O=C(O)CCNC(=O)c1ccc(CN(Cc2ccc(C(F)(F)F)cc2)c2nc(-c3cc4ccccc4o3)cs2)cc1. The quantitative estimate of drug-likeness (QED) is 0.185. The second-order valence-corrected chi connectivity index (χ2v) is 10.1. The number of alkyl halides is 3. The number of hydrogen-bond donors (Lipinski definition) is 2. The molecule has 41 heavy (non-hydrogen) atoms. The highest BCUT2D eigenvalue weighted by Crippen LogP contribution is 2.33. The third-order valence-electron chi connectivity index (χ3n) is 6.31. The molecular formula is C30H24F3N3O4S. The van der Waals surface area contributed by atoms with Crippen LogP contribution in [0.2, 0.25) is 0 Å². The van der Waals surface area contributed by atoms with Crippen molar-refractivity contribution in [3.63, 3.8) is 0 Å². The van der Waals surface area contributed by atoms with Gasteiger partial charge in [0.05, 0.1) is 12.0 Å². The van der Waals surface area contributed by atoms with Crippen LogP contribution in [-0.4, -0.2) is 28.5 Å². The Morgan fingerprint density at radius 3 is 2.24 bits per heavy atom. The van der Waals surface area contributed by atoms with E-state index in [2.05, 4.69) is 5.32 Å². The average molecular weight is 580 g/mol. The van der Waals surface area contributed by atoms with Crippen molar-refractivity contribution < 1.29 is 32.3 Å². The molecule has 210 valence electrons. The molecule has 3 aromatic carbocycles. The summed E-state index contributed by atoms with van der Waals surface area (Å²) in [5, 5.41) is 14.8. The van der Waals surface area contributed by atoms with Crippen LogP contribution in [0.4, 0.5) is 18.3 Å². The largest absolute Gasteiger partial charge is 0.481 e. The molecule has 0 aliphatic heterocycles. The fourth-order valence-corrected chi connectivity index (χ4v) is 5.02. The zero-order valence-electron chi connectivity index (χ0n) is 21.5. The monoisotopic (exact) mass is 579 g/mol. The lowest BCUT2D eigenvalue weighted by atomic mass is 10.1. The topological polar surface area (TPSA) is 95.7 Å².